The van der Waals surface area contributed by atoms with Crippen molar-refractivity contribution in [1.29, 1.82) is 0 Å². The van der Waals surface area contributed by atoms with Crippen LogP contribution in [-0.4, -0.2) is 17.2 Å². The van der Waals surface area contributed by atoms with E-state index in [2.05, 4.69) is 17.2 Å². The largest absolute Gasteiger partial charge is 0.403 e. The Morgan fingerprint density at radius 3 is 2.67 bits per heavy atom. The van der Waals surface area contributed by atoms with Crippen molar-refractivity contribution in [2.75, 3.05) is 0 Å². The Morgan fingerprint density at radius 1 is 1.52 bits per heavy atom. The van der Waals surface area contributed by atoms with E-state index in [9.17, 15) is 22.4 Å². The summed E-state index contributed by atoms with van der Waals surface area (Å²) in [6.07, 6.45) is -5.07. The van der Waals surface area contributed by atoms with Gasteiger partial charge in [0, 0.05) is 0 Å². The first-order valence-corrected chi connectivity index (χ1v) is 6.36. The highest BCUT2D eigenvalue weighted by molar-refractivity contribution is 7.78. The number of primary amides is 1. The van der Waals surface area contributed by atoms with Crippen molar-refractivity contribution in [3.05, 3.63) is 29.6 Å². The molecule has 1 amide bonds. The van der Waals surface area contributed by atoms with E-state index in [4.69, 9.17) is 5.73 Å². The van der Waals surface area contributed by atoms with E-state index < -0.39 is 29.2 Å². The third-order valence-electron chi connectivity index (χ3n) is 3.71. The number of isothiocyanates is 1. The number of benzene rings is 1. The molecule has 0 aliphatic heterocycles. The van der Waals surface area contributed by atoms with Crippen LogP contribution in [-0.2, 0) is 11.2 Å². The van der Waals surface area contributed by atoms with E-state index in [0.29, 0.717) is 5.56 Å². The zero-order valence-electron chi connectivity index (χ0n) is 10.6. The molecule has 0 spiro atoms. The summed E-state index contributed by atoms with van der Waals surface area (Å²) in [6.45, 7) is 0. The normalized spacial score (nSPS) is 24.3. The topological polar surface area (TPSA) is 55.5 Å². The summed E-state index contributed by atoms with van der Waals surface area (Å²) in [4.78, 5) is 14.6. The quantitative estimate of drug-likeness (QED) is 0.527. The monoisotopic (exact) mass is 318 g/mol. The number of rotatable bonds is 4. The van der Waals surface area contributed by atoms with E-state index in [1.54, 1.807) is 0 Å². The molecule has 1 aromatic rings. The first-order chi connectivity index (χ1) is 9.72. The van der Waals surface area contributed by atoms with Gasteiger partial charge < -0.3 is 5.73 Å². The van der Waals surface area contributed by atoms with E-state index in [-0.39, 0.29) is 18.5 Å². The zero-order chi connectivity index (χ0) is 15.8. The van der Waals surface area contributed by atoms with E-state index >= 15 is 0 Å². The van der Waals surface area contributed by atoms with Gasteiger partial charge in [-0.2, -0.15) is 18.2 Å². The number of carbonyl (C=O) groups excluding carboxylic acids is 1. The summed E-state index contributed by atoms with van der Waals surface area (Å²) >= 11 is 4.36. The van der Waals surface area contributed by atoms with Gasteiger partial charge in [0.15, 0.2) is 0 Å². The third kappa shape index (κ3) is 2.69. The molecule has 0 saturated heterocycles. The van der Waals surface area contributed by atoms with Gasteiger partial charge in [0.2, 0.25) is 5.91 Å². The smallest absolute Gasteiger partial charge is 0.369 e. The van der Waals surface area contributed by atoms with Gasteiger partial charge in [-0.3, -0.25) is 4.79 Å². The average Bonchev–Trinajstić information content (AvgIpc) is 3.09. The summed E-state index contributed by atoms with van der Waals surface area (Å²) in [7, 11) is 0. The standard InChI is InChI=1S/C13H10F4N2OS/c14-9-2-1-7(4-10(9)19-6-21)3-8-5-12(8,11(18)20)13(15,16)17/h1-2,4,8H,3,5H2,(H2,18,20). The van der Waals surface area contributed by atoms with Gasteiger partial charge in [-0.05, 0) is 48.7 Å². The first-order valence-electron chi connectivity index (χ1n) is 5.95. The fraction of sp³-hybridized carbons (Fsp3) is 0.385. The second-order valence-corrected chi connectivity index (χ2v) is 5.11. The number of nitrogens with zero attached hydrogens (tertiary/aromatic N) is 1. The maximum absolute atomic E-state index is 13.3. The number of amides is 1. The van der Waals surface area contributed by atoms with E-state index in [1.807, 2.05) is 5.16 Å². The third-order valence-corrected chi connectivity index (χ3v) is 3.80. The Labute approximate surface area is 122 Å². The second kappa shape index (κ2) is 5.20. The number of carbonyl (C=O) groups is 1. The number of halogens is 4. The van der Waals surface area contributed by atoms with Gasteiger partial charge in [-0.1, -0.05) is 6.07 Å². The van der Waals surface area contributed by atoms with Crippen LogP contribution in [0.5, 0.6) is 0 Å². The number of aliphatic imine (C=N–C) groups is 1. The lowest BCUT2D eigenvalue weighted by atomic mass is 9.97. The second-order valence-electron chi connectivity index (χ2n) is 4.93. The molecule has 1 aliphatic rings. The molecule has 1 aromatic carbocycles. The Balaban J connectivity index is 2.23. The number of hydrogen-bond acceptors (Lipinski definition) is 3. The predicted molar refractivity (Wildman–Crippen MR) is 70.6 cm³/mol. The van der Waals surface area contributed by atoms with Gasteiger partial charge >= 0.3 is 6.18 Å². The van der Waals surface area contributed by atoms with Crippen molar-refractivity contribution in [3.63, 3.8) is 0 Å². The van der Waals surface area contributed by atoms with Gasteiger partial charge in [-0.25, -0.2) is 4.39 Å². The molecular formula is C13H10F4N2OS. The zero-order valence-corrected chi connectivity index (χ0v) is 11.4. The lowest BCUT2D eigenvalue weighted by Crippen LogP contribution is -2.39. The van der Waals surface area contributed by atoms with E-state index in [1.165, 1.54) is 12.1 Å². The maximum Gasteiger partial charge on any atom is 0.403 e. The molecule has 0 heterocycles. The fourth-order valence-corrected chi connectivity index (χ4v) is 2.57. The summed E-state index contributed by atoms with van der Waals surface area (Å²) in [5.74, 6) is -2.96. The molecule has 1 fully saturated rings. The molecule has 1 saturated carbocycles. The van der Waals surface area contributed by atoms with Crippen LogP contribution in [0, 0.1) is 17.2 Å². The predicted octanol–water partition coefficient (Wildman–Crippen LogP) is 3.16. The summed E-state index contributed by atoms with van der Waals surface area (Å²) < 4.78 is 52.2. The van der Waals surface area contributed by atoms with Crippen molar-refractivity contribution in [2.45, 2.75) is 19.0 Å². The van der Waals surface area contributed by atoms with Crippen LogP contribution in [0.4, 0.5) is 23.2 Å². The molecule has 0 radical (unpaired) electrons. The molecular weight excluding hydrogens is 308 g/mol. The fourth-order valence-electron chi connectivity index (χ4n) is 2.47. The molecule has 2 rings (SSSR count). The van der Waals surface area contributed by atoms with Crippen LogP contribution >= 0.6 is 12.2 Å². The molecule has 3 nitrogen and oxygen atoms in total. The lowest BCUT2D eigenvalue weighted by molar-refractivity contribution is -0.194. The number of nitrogens with two attached hydrogens (primary N) is 1. The highest BCUT2D eigenvalue weighted by Gasteiger charge is 2.74. The van der Waals surface area contributed by atoms with Gasteiger partial charge in [0.05, 0.1) is 5.16 Å². The Hall–Kier alpha value is -1.79. The summed E-state index contributed by atoms with van der Waals surface area (Å²) in [5.41, 5.74) is 2.76. The van der Waals surface area contributed by atoms with Crippen molar-refractivity contribution >= 4 is 29.0 Å². The van der Waals surface area contributed by atoms with Crippen LogP contribution in [0.3, 0.4) is 0 Å². The molecule has 1 aliphatic carbocycles. The van der Waals surface area contributed by atoms with Crippen molar-refractivity contribution in [1.82, 2.24) is 0 Å². The molecule has 0 bridgehead atoms. The van der Waals surface area contributed by atoms with Gasteiger partial charge in [0.1, 0.15) is 16.9 Å². The Bertz CT molecular complexity index is 640. The van der Waals surface area contributed by atoms with Crippen LogP contribution in [0.25, 0.3) is 0 Å². The summed E-state index contributed by atoms with van der Waals surface area (Å²) in [6, 6.07) is 3.72. The van der Waals surface area contributed by atoms with Gasteiger partial charge in [-0.15, -0.1) is 0 Å². The first kappa shape index (κ1) is 15.6. The van der Waals surface area contributed by atoms with Crippen molar-refractivity contribution < 1.29 is 22.4 Å². The van der Waals surface area contributed by atoms with Crippen LogP contribution in [0.15, 0.2) is 23.2 Å². The number of thiocarbonyl (C=S) groups is 1. The van der Waals surface area contributed by atoms with Crippen molar-refractivity contribution in [2.24, 2.45) is 22.1 Å². The summed E-state index contributed by atoms with van der Waals surface area (Å²) in [5, 5.41) is 1.99. The molecule has 2 atom stereocenters. The molecule has 112 valence electrons. The minimum atomic E-state index is -4.68. The number of alkyl halides is 3. The van der Waals surface area contributed by atoms with E-state index in [0.717, 1.165) is 6.07 Å². The highest BCUT2D eigenvalue weighted by Crippen LogP contribution is 2.63. The van der Waals surface area contributed by atoms with Crippen LogP contribution in [0.1, 0.15) is 12.0 Å². The molecule has 21 heavy (non-hydrogen) atoms. The Kier molecular flexibility index (Phi) is 3.86. The average molecular weight is 318 g/mol. The highest BCUT2D eigenvalue weighted by atomic mass is 32.1. The number of hydrogen-bond donors (Lipinski definition) is 1. The molecule has 0 aromatic heterocycles. The van der Waals surface area contributed by atoms with Crippen LogP contribution in [0.2, 0.25) is 0 Å². The van der Waals surface area contributed by atoms with Crippen LogP contribution < -0.4 is 5.73 Å². The SMILES string of the molecule is NC(=O)C1(C(F)(F)F)CC1Cc1ccc(F)c(N=C=S)c1. The maximum atomic E-state index is 13.3. The molecule has 2 unspecified atom stereocenters. The molecule has 2 N–H and O–H groups in total. The van der Waals surface area contributed by atoms with Gasteiger partial charge in [0.25, 0.3) is 0 Å². The van der Waals surface area contributed by atoms with Crippen molar-refractivity contribution in [3.8, 4) is 0 Å². The molecule has 8 heteroatoms. The Morgan fingerprint density at radius 2 is 2.19 bits per heavy atom. The minimum Gasteiger partial charge on any atom is -0.369 e. The minimum absolute atomic E-state index is 0.0390. The lowest BCUT2D eigenvalue weighted by Gasteiger charge is -2.17.